The van der Waals surface area contributed by atoms with Gasteiger partial charge in [0.15, 0.2) is 0 Å². The normalized spacial score (nSPS) is 22.9. The van der Waals surface area contributed by atoms with Crippen molar-refractivity contribution in [2.45, 2.75) is 31.8 Å². The molecule has 1 N–H and O–H groups in total. The Morgan fingerprint density at radius 3 is 2.76 bits per heavy atom. The number of carbonyl (C=O) groups excluding carboxylic acids is 1. The van der Waals surface area contributed by atoms with Gasteiger partial charge in [-0.3, -0.25) is 4.79 Å². The number of benzene rings is 1. The van der Waals surface area contributed by atoms with Gasteiger partial charge in [-0.2, -0.15) is 0 Å². The molecule has 1 heterocycles. The highest BCUT2D eigenvalue weighted by molar-refractivity contribution is 6.31. The van der Waals surface area contributed by atoms with Crippen LogP contribution in [0.25, 0.3) is 0 Å². The predicted octanol–water partition coefficient (Wildman–Crippen LogP) is 2.94. The lowest BCUT2D eigenvalue weighted by Gasteiger charge is -2.36. The van der Waals surface area contributed by atoms with Gasteiger partial charge in [-0.1, -0.05) is 11.6 Å². The molecule has 1 saturated heterocycles. The van der Waals surface area contributed by atoms with Crippen LogP contribution in [0.4, 0.5) is 5.69 Å². The predicted molar refractivity (Wildman–Crippen MR) is 88.2 cm³/mol. The van der Waals surface area contributed by atoms with Crippen LogP contribution < -0.4 is 5.32 Å². The molecule has 21 heavy (non-hydrogen) atoms. The SMILES string of the molecule is CC1CC(Nc2cc(Cl)ccc2C(=O)N(C)C)CCN1C. The molecular formula is C16H24ClN3O. The van der Waals surface area contributed by atoms with Crippen molar-refractivity contribution in [2.75, 3.05) is 33.0 Å². The number of rotatable bonds is 3. The summed E-state index contributed by atoms with van der Waals surface area (Å²) in [6.45, 7) is 3.30. The van der Waals surface area contributed by atoms with Crippen LogP contribution in [0, 0.1) is 0 Å². The lowest BCUT2D eigenvalue weighted by Crippen LogP contribution is -2.42. The minimum Gasteiger partial charge on any atom is -0.382 e. The molecule has 0 radical (unpaired) electrons. The first-order chi connectivity index (χ1) is 9.88. The van der Waals surface area contributed by atoms with Crippen LogP contribution in [0.15, 0.2) is 18.2 Å². The van der Waals surface area contributed by atoms with E-state index in [1.807, 2.05) is 6.07 Å². The van der Waals surface area contributed by atoms with Crippen molar-refractivity contribution in [3.05, 3.63) is 28.8 Å². The van der Waals surface area contributed by atoms with Crippen LogP contribution in [-0.2, 0) is 0 Å². The van der Waals surface area contributed by atoms with Crippen molar-refractivity contribution < 1.29 is 4.79 Å². The number of nitrogens with zero attached hydrogens (tertiary/aromatic N) is 2. The second-order valence-corrected chi connectivity index (χ2v) is 6.52. The Balaban J connectivity index is 2.19. The Hall–Kier alpha value is -1.26. The molecule has 0 saturated carbocycles. The maximum atomic E-state index is 12.3. The van der Waals surface area contributed by atoms with E-state index < -0.39 is 0 Å². The van der Waals surface area contributed by atoms with Crippen LogP contribution >= 0.6 is 11.6 Å². The summed E-state index contributed by atoms with van der Waals surface area (Å²) >= 11 is 6.10. The highest BCUT2D eigenvalue weighted by Gasteiger charge is 2.24. The van der Waals surface area contributed by atoms with Gasteiger partial charge in [0.25, 0.3) is 5.91 Å². The number of nitrogens with one attached hydrogen (secondary N) is 1. The van der Waals surface area contributed by atoms with Crippen LogP contribution in [0.1, 0.15) is 30.1 Å². The van der Waals surface area contributed by atoms with E-state index in [-0.39, 0.29) is 5.91 Å². The average molecular weight is 310 g/mol. The molecule has 4 nitrogen and oxygen atoms in total. The molecule has 1 aliphatic heterocycles. The van der Waals surface area contributed by atoms with Gasteiger partial charge in [0.05, 0.1) is 5.56 Å². The third-order valence-electron chi connectivity index (χ3n) is 4.19. The van der Waals surface area contributed by atoms with E-state index in [0.717, 1.165) is 25.1 Å². The molecule has 116 valence electrons. The van der Waals surface area contributed by atoms with E-state index in [2.05, 4.69) is 24.2 Å². The number of carbonyl (C=O) groups is 1. The standard InChI is InChI=1S/C16H24ClN3O/c1-11-9-13(7-8-20(11)4)18-15-10-12(17)5-6-14(15)16(21)19(2)3/h5-6,10-11,13,18H,7-9H2,1-4H3. The summed E-state index contributed by atoms with van der Waals surface area (Å²) in [4.78, 5) is 16.2. The van der Waals surface area contributed by atoms with Crippen molar-refractivity contribution in [1.82, 2.24) is 9.80 Å². The molecule has 1 aromatic rings. The molecule has 0 bridgehead atoms. The third kappa shape index (κ3) is 3.89. The Bertz CT molecular complexity index is 518. The van der Waals surface area contributed by atoms with E-state index in [1.165, 1.54) is 0 Å². The molecule has 1 aromatic carbocycles. The van der Waals surface area contributed by atoms with Gasteiger partial charge in [0.2, 0.25) is 0 Å². The number of hydrogen-bond donors (Lipinski definition) is 1. The minimum absolute atomic E-state index is 0.00450. The zero-order valence-corrected chi connectivity index (χ0v) is 13.9. The summed E-state index contributed by atoms with van der Waals surface area (Å²) in [6.07, 6.45) is 2.14. The Kier molecular flexibility index (Phi) is 5.12. The maximum Gasteiger partial charge on any atom is 0.255 e. The van der Waals surface area contributed by atoms with E-state index in [4.69, 9.17) is 11.6 Å². The molecule has 2 atom stereocenters. The maximum absolute atomic E-state index is 12.3. The minimum atomic E-state index is -0.00450. The van der Waals surface area contributed by atoms with Gasteiger partial charge in [0, 0.05) is 43.4 Å². The molecule has 2 rings (SSSR count). The molecule has 1 aliphatic rings. The first kappa shape index (κ1) is 16.1. The van der Waals surface area contributed by atoms with Gasteiger partial charge in [-0.25, -0.2) is 0 Å². The topological polar surface area (TPSA) is 35.6 Å². The molecule has 5 heteroatoms. The highest BCUT2D eigenvalue weighted by atomic mass is 35.5. The first-order valence-corrected chi connectivity index (χ1v) is 7.74. The van der Waals surface area contributed by atoms with E-state index in [9.17, 15) is 4.79 Å². The second-order valence-electron chi connectivity index (χ2n) is 6.08. The Labute approximate surface area is 132 Å². The Morgan fingerprint density at radius 1 is 1.43 bits per heavy atom. The van der Waals surface area contributed by atoms with E-state index in [1.54, 1.807) is 31.1 Å². The number of amides is 1. The molecule has 0 spiro atoms. The molecule has 1 fully saturated rings. The van der Waals surface area contributed by atoms with Gasteiger partial charge >= 0.3 is 0 Å². The van der Waals surface area contributed by atoms with E-state index >= 15 is 0 Å². The van der Waals surface area contributed by atoms with Crippen LogP contribution in [-0.4, -0.2) is 55.5 Å². The van der Waals surface area contributed by atoms with Crippen molar-refractivity contribution in [3.8, 4) is 0 Å². The summed E-state index contributed by atoms with van der Waals surface area (Å²) in [7, 11) is 5.68. The summed E-state index contributed by atoms with van der Waals surface area (Å²) < 4.78 is 0. The lowest BCUT2D eigenvalue weighted by molar-refractivity contribution is 0.0828. The summed E-state index contributed by atoms with van der Waals surface area (Å²) in [5.74, 6) is -0.00450. The highest BCUT2D eigenvalue weighted by Crippen LogP contribution is 2.26. The average Bonchev–Trinajstić information content (AvgIpc) is 2.42. The number of hydrogen-bond acceptors (Lipinski definition) is 3. The van der Waals surface area contributed by atoms with Gasteiger partial charge in [0.1, 0.15) is 0 Å². The number of halogens is 1. The number of piperidine rings is 1. The Morgan fingerprint density at radius 2 is 2.14 bits per heavy atom. The van der Waals surface area contributed by atoms with Crippen molar-refractivity contribution in [2.24, 2.45) is 0 Å². The second kappa shape index (κ2) is 6.67. The first-order valence-electron chi connectivity index (χ1n) is 7.36. The zero-order chi connectivity index (χ0) is 15.6. The fraction of sp³-hybridized carbons (Fsp3) is 0.562. The zero-order valence-electron chi connectivity index (χ0n) is 13.2. The molecule has 0 aliphatic carbocycles. The van der Waals surface area contributed by atoms with Gasteiger partial charge in [-0.05, 0) is 45.0 Å². The fourth-order valence-corrected chi connectivity index (χ4v) is 2.88. The van der Waals surface area contributed by atoms with Gasteiger partial charge < -0.3 is 15.1 Å². The molecule has 1 amide bonds. The lowest BCUT2D eigenvalue weighted by atomic mass is 9.98. The fourth-order valence-electron chi connectivity index (χ4n) is 2.70. The number of anilines is 1. The smallest absolute Gasteiger partial charge is 0.255 e. The molecular weight excluding hydrogens is 286 g/mol. The van der Waals surface area contributed by atoms with Crippen LogP contribution in [0.5, 0.6) is 0 Å². The summed E-state index contributed by atoms with van der Waals surface area (Å²) in [5.41, 5.74) is 1.51. The monoisotopic (exact) mass is 309 g/mol. The van der Waals surface area contributed by atoms with Crippen molar-refractivity contribution in [1.29, 1.82) is 0 Å². The molecule has 0 aromatic heterocycles. The van der Waals surface area contributed by atoms with Crippen molar-refractivity contribution >= 4 is 23.2 Å². The largest absolute Gasteiger partial charge is 0.382 e. The molecule has 2 unspecified atom stereocenters. The third-order valence-corrected chi connectivity index (χ3v) is 4.42. The quantitative estimate of drug-likeness (QED) is 0.932. The summed E-state index contributed by atoms with van der Waals surface area (Å²) in [5, 5.41) is 4.17. The van der Waals surface area contributed by atoms with Gasteiger partial charge in [-0.15, -0.1) is 0 Å². The van der Waals surface area contributed by atoms with E-state index in [0.29, 0.717) is 22.7 Å². The van der Waals surface area contributed by atoms with Crippen LogP contribution in [0.2, 0.25) is 5.02 Å². The van der Waals surface area contributed by atoms with Crippen molar-refractivity contribution in [3.63, 3.8) is 0 Å². The summed E-state index contributed by atoms with van der Waals surface area (Å²) in [6, 6.07) is 6.33. The van der Waals surface area contributed by atoms with Crippen LogP contribution in [0.3, 0.4) is 0 Å². The number of likely N-dealkylation sites (tertiary alicyclic amines) is 1.